The first-order valence-corrected chi connectivity index (χ1v) is 6.40. The second-order valence-electron chi connectivity index (χ2n) is 4.85. The topological polar surface area (TPSA) is 88.0 Å². The van der Waals surface area contributed by atoms with Crippen molar-refractivity contribution in [2.75, 3.05) is 6.54 Å². The number of amides is 1. The Hall–Kier alpha value is -1.62. The van der Waals surface area contributed by atoms with Gasteiger partial charge in [-0.3, -0.25) is 9.59 Å². The van der Waals surface area contributed by atoms with Gasteiger partial charge in [-0.05, 0) is 24.8 Å². The van der Waals surface area contributed by atoms with Gasteiger partial charge >= 0.3 is 0 Å². The van der Waals surface area contributed by atoms with E-state index in [1.165, 1.54) is 18.9 Å². The number of aromatic nitrogens is 1. The lowest BCUT2D eigenvalue weighted by molar-refractivity contribution is 0.0936. The minimum atomic E-state index is -0.267. The third kappa shape index (κ3) is 3.20. The quantitative estimate of drug-likeness (QED) is 0.734. The molecule has 2 atom stereocenters. The van der Waals surface area contributed by atoms with Gasteiger partial charge in [0.05, 0.1) is 0 Å². The van der Waals surface area contributed by atoms with Crippen LogP contribution in [0.4, 0.5) is 0 Å². The Balaban J connectivity index is 1.90. The van der Waals surface area contributed by atoms with E-state index < -0.39 is 0 Å². The second kappa shape index (κ2) is 5.82. The van der Waals surface area contributed by atoms with Crippen LogP contribution in [-0.2, 0) is 0 Å². The van der Waals surface area contributed by atoms with E-state index in [2.05, 4.69) is 10.3 Å². The van der Waals surface area contributed by atoms with Crippen LogP contribution in [0.1, 0.15) is 36.2 Å². The number of nitrogens with two attached hydrogens (primary N) is 1. The smallest absolute Gasteiger partial charge is 0.267 e. The predicted molar refractivity (Wildman–Crippen MR) is 69.3 cm³/mol. The van der Waals surface area contributed by atoms with Gasteiger partial charge in [0.2, 0.25) is 5.56 Å². The largest absolute Gasteiger partial charge is 0.350 e. The highest BCUT2D eigenvalue weighted by Gasteiger charge is 2.22. The van der Waals surface area contributed by atoms with E-state index in [0.717, 1.165) is 12.8 Å². The van der Waals surface area contributed by atoms with Crippen LogP contribution in [-0.4, -0.2) is 23.5 Å². The van der Waals surface area contributed by atoms with Crippen molar-refractivity contribution in [2.45, 2.75) is 31.7 Å². The molecule has 2 unspecified atom stereocenters. The molecule has 1 aromatic rings. The number of carbonyl (C=O) groups excluding carboxylic acids is 1. The molecule has 0 bridgehead atoms. The SMILES string of the molecule is NC1CCCCC1CNC(=O)c1cccc(=O)[nH]1. The van der Waals surface area contributed by atoms with Crippen molar-refractivity contribution in [1.29, 1.82) is 0 Å². The molecule has 0 aliphatic heterocycles. The first kappa shape index (κ1) is 12.8. The van der Waals surface area contributed by atoms with Gasteiger partial charge in [-0.1, -0.05) is 18.9 Å². The normalized spacial score (nSPS) is 23.6. The summed E-state index contributed by atoms with van der Waals surface area (Å²) in [6, 6.07) is 4.72. The molecule has 5 nitrogen and oxygen atoms in total. The number of nitrogens with one attached hydrogen (secondary N) is 2. The zero-order valence-corrected chi connectivity index (χ0v) is 10.3. The summed E-state index contributed by atoms with van der Waals surface area (Å²) in [7, 11) is 0. The summed E-state index contributed by atoms with van der Waals surface area (Å²) in [5, 5.41) is 2.84. The lowest BCUT2D eigenvalue weighted by Gasteiger charge is -2.28. The van der Waals surface area contributed by atoms with E-state index in [4.69, 9.17) is 5.73 Å². The Morgan fingerprint density at radius 1 is 1.39 bits per heavy atom. The van der Waals surface area contributed by atoms with Crippen LogP contribution in [0.15, 0.2) is 23.0 Å². The predicted octanol–water partition coefficient (Wildman–Crippen LogP) is 0.622. The number of carbonyl (C=O) groups is 1. The molecule has 1 fully saturated rings. The minimum absolute atomic E-state index is 0.175. The average Bonchev–Trinajstić information content (AvgIpc) is 2.37. The van der Waals surface area contributed by atoms with Gasteiger partial charge in [-0.2, -0.15) is 0 Å². The molecule has 1 aromatic heterocycles. The lowest BCUT2D eigenvalue weighted by Crippen LogP contribution is -2.41. The highest BCUT2D eigenvalue weighted by molar-refractivity contribution is 5.92. The summed E-state index contributed by atoms with van der Waals surface area (Å²) in [6.45, 7) is 0.580. The van der Waals surface area contributed by atoms with Crippen molar-refractivity contribution in [1.82, 2.24) is 10.3 Å². The first-order valence-electron chi connectivity index (χ1n) is 6.40. The van der Waals surface area contributed by atoms with Gasteiger partial charge in [0.25, 0.3) is 5.91 Å². The lowest BCUT2D eigenvalue weighted by atomic mass is 9.85. The van der Waals surface area contributed by atoms with E-state index in [9.17, 15) is 9.59 Å². The summed E-state index contributed by atoms with van der Waals surface area (Å²) < 4.78 is 0. The van der Waals surface area contributed by atoms with Crippen LogP contribution in [0.3, 0.4) is 0 Å². The Labute approximate surface area is 106 Å². The highest BCUT2D eigenvalue weighted by Crippen LogP contribution is 2.22. The summed E-state index contributed by atoms with van der Waals surface area (Å²) in [6.07, 6.45) is 4.45. The third-order valence-electron chi connectivity index (χ3n) is 3.51. The molecule has 1 aliphatic rings. The maximum Gasteiger partial charge on any atom is 0.267 e. The van der Waals surface area contributed by atoms with Gasteiger partial charge in [0.15, 0.2) is 0 Å². The molecule has 0 spiro atoms. The monoisotopic (exact) mass is 249 g/mol. The highest BCUT2D eigenvalue weighted by atomic mass is 16.2. The van der Waals surface area contributed by atoms with E-state index in [0.29, 0.717) is 18.2 Å². The van der Waals surface area contributed by atoms with Gasteiger partial charge in [0, 0.05) is 18.7 Å². The van der Waals surface area contributed by atoms with Crippen molar-refractivity contribution >= 4 is 5.91 Å². The summed E-state index contributed by atoms with van der Waals surface area (Å²) in [5.41, 5.74) is 6.05. The van der Waals surface area contributed by atoms with Gasteiger partial charge in [-0.25, -0.2) is 0 Å². The maximum absolute atomic E-state index is 11.8. The van der Waals surface area contributed by atoms with Crippen molar-refractivity contribution in [3.05, 3.63) is 34.2 Å². The number of aromatic amines is 1. The second-order valence-corrected chi connectivity index (χ2v) is 4.85. The van der Waals surface area contributed by atoms with Gasteiger partial charge in [-0.15, -0.1) is 0 Å². The standard InChI is InChI=1S/C13H19N3O2/c14-10-5-2-1-4-9(10)8-15-13(18)11-6-3-7-12(17)16-11/h3,6-7,9-10H,1-2,4-5,8,14H2,(H,15,18)(H,16,17). The zero-order valence-electron chi connectivity index (χ0n) is 10.3. The maximum atomic E-state index is 11.8. The van der Waals surface area contributed by atoms with Crippen molar-refractivity contribution in [2.24, 2.45) is 11.7 Å². The zero-order chi connectivity index (χ0) is 13.0. The van der Waals surface area contributed by atoms with Gasteiger partial charge in [0.1, 0.15) is 5.69 Å². The van der Waals surface area contributed by atoms with E-state index >= 15 is 0 Å². The molecular formula is C13H19N3O2. The van der Waals surface area contributed by atoms with Crippen molar-refractivity contribution < 1.29 is 4.79 Å². The third-order valence-corrected chi connectivity index (χ3v) is 3.51. The van der Waals surface area contributed by atoms with E-state index in [-0.39, 0.29) is 17.5 Å². The first-order chi connectivity index (χ1) is 8.66. The van der Waals surface area contributed by atoms with E-state index in [1.54, 1.807) is 12.1 Å². The molecule has 18 heavy (non-hydrogen) atoms. The Kier molecular flexibility index (Phi) is 4.15. The summed E-state index contributed by atoms with van der Waals surface area (Å²) >= 11 is 0. The average molecular weight is 249 g/mol. The fraction of sp³-hybridized carbons (Fsp3) is 0.538. The molecule has 0 saturated heterocycles. The van der Waals surface area contributed by atoms with Crippen LogP contribution in [0.5, 0.6) is 0 Å². The number of rotatable bonds is 3. The van der Waals surface area contributed by atoms with Crippen LogP contribution < -0.4 is 16.6 Å². The molecule has 1 saturated carbocycles. The van der Waals surface area contributed by atoms with Crippen LogP contribution >= 0.6 is 0 Å². The number of hydrogen-bond acceptors (Lipinski definition) is 3. The number of hydrogen-bond donors (Lipinski definition) is 3. The molecular weight excluding hydrogens is 230 g/mol. The molecule has 0 radical (unpaired) electrons. The molecule has 5 heteroatoms. The Bertz CT molecular complexity index is 469. The van der Waals surface area contributed by atoms with Gasteiger partial charge < -0.3 is 16.0 Å². The van der Waals surface area contributed by atoms with Crippen molar-refractivity contribution in [3.8, 4) is 0 Å². The van der Waals surface area contributed by atoms with Crippen LogP contribution in [0.2, 0.25) is 0 Å². The Morgan fingerprint density at radius 3 is 2.89 bits per heavy atom. The van der Waals surface area contributed by atoms with E-state index in [1.807, 2.05) is 0 Å². The minimum Gasteiger partial charge on any atom is -0.350 e. The molecule has 98 valence electrons. The number of pyridine rings is 1. The van der Waals surface area contributed by atoms with Crippen LogP contribution in [0, 0.1) is 5.92 Å². The Morgan fingerprint density at radius 2 is 2.17 bits per heavy atom. The molecule has 1 aliphatic carbocycles. The molecule has 1 heterocycles. The fourth-order valence-corrected chi connectivity index (χ4v) is 2.39. The van der Waals surface area contributed by atoms with Crippen molar-refractivity contribution in [3.63, 3.8) is 0 Å². The molecule has 1 amide bonds. The molecule has 4 N–H and O–H groups in total. The molecule has 2 rings (SSSR count). The van der Waals surface area contributed by atoms with Crippen LogP contribution in [0.25, 0.3) is 0 Å². The fourth-order valence-electron chi connectivity index (χ4n) is 2.39. The summed E-state index contributed by atoms with van der Waals surface area (Å²) in [5.74, 6) is 0.101. The number of H-pyrrole nitrogens is 1. The molecule has 0 aromatic carbocycles. The summed E-state index contributed by atoms with van der Waals surface area (Å²) in [4.78, 5) is 25.4.